The van der Waals surface area contributed by atoms with E-state index in [0.717, 1.165) is 58.1 Å². The van der Waals surface area contributed by atoms with Crippen molar-refractivity contribution in [2.24, 2.45) is 4.99 Å². The van der Waals surface area contributed by atoms with Crippen LogP contribution in [0, 0.1) is 0 Å². The number of nitrogens with one attached hydrogen (secondary N) is 2. The summed E-state index contributed by atoms with van der Waals surface area (Å²) in [6.45, 7) is 14.9. The Morgan fingerprint density at radius 1 is 1.36 bits per heavy atom. The Hall–Kier alpha value is -1.27. The van der Waals surface area contributed by atoms with Gasteiger partial charge in [0.2, 0.25) is 0 Å². The van der Waals surface area contributed by atoms with Crippen LogP contribution in [0.1, 0.15) is 40.5 Å². The van der Waals surface area contributed by atoms with Gasteiger partial charge in [-0.15, -0.1) is 11.3 Å². The second-order valence-electron chi connectivity index (χ2n) is 6.84. The summed E-state index contributed by atoms with van der Waals surface area (Å²) in [6.07, 6.45) is 2.32. The maximum absolute atomic E-state index is 4.79. The molecule has 1 aliphatic heterocycles. The zero-order valence-corrected chi connectivity index (χ0v) is 17.1. The summed E-state index contributed by atoms with van der Waals surface area (Å²) in [7, 11) is 0. The van der Waals surface area contributed by atoms with E-state index >= 15 is 0 Å². The lowest BCUT2D eigenvalue weighted by molar-refractivity contribution is 0.240. The van der Waals surface area contributed by atoms with Gasteiger partial charge in [0.05, 0.1) is 11.5 Å². The number of thiophene rings is 1. The van der Waals surface area contributed by atoms with Gasteiger partial charge in [0.1, 0.15) is 0 Å². The van der Waals surface area contributed by atoms with Crippen molar-refractivity contribution in [1.29, 1.82) is 0 Å². The molecule has 1 fully saturated rings. The molecule has 0 amide bonds. The van der Waals surface area contributed by atoms with Gasteiger partial charge in [0.25, 0.3) is 0 Å². The van der Waals surface area contributed by atoms with Gasteiger partial charge in [-0.3, -0.25) is 9.89 Å². The first kappa shape index (κ1) is 20.0. The van der Waals surface area contributed by atoms with Gasteiger partial charge in [-0.2, -0.15) is 0 Å². The lowest BCUT2D eigenvalue weighted by Gasteiger charge is -2.33. The van der Waals surface area contributed by atoms with Crippen molar-refractivity contribution in [2.75, 3.05) is 44.2 Å². The van der Waals surface area contributed by atoms with Gasteiger partial charge in [-0.05, 0) is 57.7 Å². The Balaban J connectivity index is 1.79. The number of anilines is 1. The summed E-state index contributed by atoms with van der Waals surface area (Å²) < 4.78 is 0. The van der Waals surface area contributed by atoms with Crippen LogP contribution in [0.15, 0.2) is 22.5 Å². The monoisotopic (exact) mass is 365 g/mol. The first-order chi connectivity index (χ1) is 12.1. The molecule has 1 aliphatic rings. The molecule has 25 heavy (non-hydrogen) atoms. The number of guanidine groups is 1. The SMILES string of the molecule is CCNC(=NCCN(CC)C(C)C)NC1CCN(c2cccs2)CC1. The van der Waals surface area contributed by atoms with E-state index in [1.807, 2.05) is 11.3 Å². The van der Waals surface area contributed by atoms with E-state index in [1.165, 1.54) is 5.00 Å². The number of rotatable bonds is 8. The zero-order valence-electron chi connectivity index (χ0n) is 16.3. The number of hydrogen-bond acceptors (Lipinski definition) is 4. The Labute approximate surface area is 157 Å². The molecule has 142 valence electrons. The zero-order chi connectivity index (χ0) is 18.1. The normalized spacial score (nSPS) is 16.7. The standard InChI is InChI=1S/C19H35N5S/c1-5-20-19(21-11-14-23(6-2)16(3)4)22-17-9-12-24(13-10-17)18-8-7-15-25-18/h7-8,15-17H,5-6,9-14H2,1-4H3,(H2,20,21,22). The van der Waals surface area contributed by atoms with Crippen molar-refractivity contribution in [2.45, 2.75) is 52.6 Å². The molecule has 0 radical (unpaired) electrons. The summed E-state index contributed by atoms with van der Waals surface area (Å²) in [4.78, 5) is 9.73. The van der Waals surface area contributed by atoms with E-state index in [-0.39, 0.29) is 0 Å². The minimum atomic E-state index is 0.515. The molecule has 5 nitrogen and oxygen atoms in total. The molecule has 0 atom stereocenters. The lowest BCUT2D eigenvalue weighted by atomic mass is 10.1. The molecule has 0 aromatic carbocycles. The van der Waals surface area contributed by atoms with Crippen molar-refractivity contribution in [1.82, 2.24) is 15.5 Å². The van der Waals surface area contributed by atoms with Crippen molar-refractivity contribution < 1.29 is 0 Å². The average molecular weight is 366 g/mol. The number of aliphatic imine (C=N–C) groups is 1. The van der Waals surface area contributed by atoms with E-state index in [9.17, 15) is 0 Å². The predicted octanol–water partition coefficient (Wildman–Crippen LogP) is 3.00. The van der Waals surface area contributed by atoms with Gasteiger partial charge in [-0.25, -0.2) is 0 Å². The Morgan fingerprint density at radius 3 is 2.68 bits per heavy atom. The van der Waals surface area contributed by atoms with E-state index in [1.54, 1.807) is 0 Å². The molecule has 2 heterocycles. The van der Waals surface area contributed by atoms with Gasteiger partial charge < -0.3 is 15.5 Å². The summed E-state index contributed by atoms with van der Waals surface area (Å²) in [5.41, 5.74) is 0. The third kappa shape index (κ3) is 6.51. The summed E-state index contributed by atoms with van der Waals surface area (Å²) in [5, 5.41) is 10.6. The first-order valence-electron chi connectivity index (χ1n) is 9.71. The molecule has 0 aliphatic carbocycles. The van der Waals surface area contributed by atoms with E-state index < -0.39 is 0 Å². The number of likely N-dealkylation sites (N-methyl/N-ethyl adjacent to an activating group) is 1. The van der Waals surface area contributed by atoms with Crippen molar-refractivity contribution in [3.05, 3.63) is 17.5 Å². The van der Waals surface area contributed by atoms with Crippen LogP contribution in [0.4, 0.5) is 5.00 Å². The molecule has 1 aromatic heterocycles. The van der Waals surface area contributed by atoms with Crippen LogP contribution < -0.4 is 15.5 Å². The van der Waals surface area contributed by atoms with Crippen molar-refractivity contribution in [3.8, 4) is 0 Å². The molecule has 1 aromatic rings. The molecule has 0 spiro atoms. The van der Waals surface area contributed by atoms with Gasteiger partial charge in [0.15, 0.2) is 5.96 Å². The molecular weight excluding hydrogens is 330 g/mol. The van der Waals surface area contributed by atoms with Crippen LogP contribution in [-0.2, 0) is 0 Å². The minimum absolute atomic E-state index is 0.515. The fourth-order valence-electron chi connectivity index (χ4n) is 3.28. The van der Waals surface area contributed by atoms with Crippen LogP contribution in [0.25, 0.3) is 0 Å². The number of hydrogen-bond donors (Lipinski definition) is 2. The third-order valence-corrected chi connectivity index (χ3v) is 5.72. The van der Waals surface area contributed by atoms with Gasteiger partial charge >= 0.3 is 0 Å². The second kappa shape index (κ2) is 10.7. The largest absolute Gasteiger partial charge is 0.363 e. The molecule has 0 bridgehead atoms. The molecule has 2 N–H and O–H groups in total. The Morgan fingerprint density at radius 2 is 2.12 bits per heavy atom. The lowest BCUT2D eigenvalue weighted by Crippen LogP contribution is -2.49. The number of nitrogens with zero attached hydrogens (tertiary/aromatic N) is 3. The van der Waals surface area contributed by atoms with Crippen LogP contribution in [0.2, 0.25) is 0 Å². The highest BCUT2D eigenvalue weighted by Crippen LogP contribution is 2.24. The predicted molar refractivity (Wildman–Crippen MR) is 111 cm³/mol. The van der Waals surface area contributed by atoms with Crippen LogP contribution >= 0.6 is 11.3 Å². The molecule has 6 heteroatoms. The van der Waals surface area contributed by atoms with E-state index in [0.29, 0.717) is 12.1 Å². The van der Waals surface area contributed by atoms with Gasteiger partial charge in [0, 0.05) is 38.3 Å². The molecule has 1 saturated heterocycles. The molecular formula is C19H35N5S. The molecule has 0 saturated carbocycles. The number of piperidine rings is 1. The summed E-state index contributed by atoms with van der Waals surface area (Å²) in [6, 6.07) is 5.45. The second-order valence-corrected chi connectivity index (χ2v) is 7.77. The Kier molecular flexibility index (Phi) is 8.55. The minimum Gasteiger partial charge on any atom is -0.363 e. The van der Waals surface area contributed by atoms with E-state index in [4.69, 9.17) is 4.99 Å². The van der Waals surface area contributed by atoms with Crippen LogP contribution in [-0.4, -0.2) is 62.2 Å². The average Bonchev–Trinajstić information content (AvgIpc) is 3.13. The smallest absolute Gasteiger partial charge is 0.191 e. The van der Waals surface area contributed by atoms with Crippen LogP contribution in [0.3, 0.4) is 0 Å². The highest BCUT2D eigenvalue weighted by atomic mass is 32.1. The first-order valence-corrected chi connectivity index (χ1v) is 10.6. The highest BCUT2D eigenvalue weighted by Gasteiger charge is 2.20. The molecule has 0 unspecified atom stereocenters. The maximum atomic E-state index is 4.79. The van der Waals surface area contributed by atoms with Gasteiger partial charge in [-0.1, -0.05) is 6.92 Å². The Bertz CT molecular complexity index is 492. The maximum Gasteiger partial charge on any atom is 0.191 e. The van der Waals surface area contributed by atoms with Crippen molar-refractivity contribution >= 4 is 22.3 Å². The van der Waals surface area contributed by atoms with Crippen molar-refractivity contribution in [3.63, 3.8) is 0 Å². The summed E-state index contributed by atoms with van der Waals surface area (Å²) in [5.74, 6) is 0.969. The fourth-order valence-corrected chi connectivity index (χ4v) is 4.06. The highest BCUT2D eigenvalue weighted by molar-refractivity contribution is 7.14. The molecule has 2 rings (SSSR count). The topological polar surface area (TPSA) is 42.9 Å². The quantitative estimate of drug-likeness (QED) is 0.549. The third-order valence-electron chi connectivity index (χ3n) is 4.79. The summed E-state index contributed by atoms with van der Waals surface area (Å²) >= 11 is 1.84. The van der Waals surface area contributed by atoms with Crippen LogP contribution in [0.5, 0.6) is 0 Å². The fraction of sp³-hybridized carbons (Fsp3) is 0.737. The van der Waals surface area contributed by atoms with E-state index in [2.05, 4.69) is 65.6 Å².